The third-order valence-corrected chi connectivity index (χ3v) is 6.47. The maximum absolute atomic E-state index is 12.3. The molecule has 88 valence electrons. The van der Waals surface area contributed by atoms with Gasteiger partial charge >= 0.3 is 0 Å². The zero-order valence-electron chi connectivity index (χ0n) is 8.14. The molecule has 0 amide bonds. The highest BCUT2D eigenvalue weighted by Gasteiger charge is 2.16. The number of halogens is 4. The minimum atomic E-state index is -0.00620. The molecule has 0 aliphatic carbocycles. The van der Waals surface area contributed by atoms with Gasteiger partial charge in [-0.1, -0.05) is 11.6 Å². The Bertz CT molecular complexity index is 578. The number of hydrogen-bond donors (Lipinski definition) is 0. The number of ketones is 1. The van der Waals surface area contributed by atoms with E-state index in [1.165, 1.54) is 11.3 Å². The molecule has 6 heteroatoms. The summed E-state index contributed by atoms with van der Waals surface area (Å²) in [4.78, 5) is 13.0. The number of benzene rings is 1. The Hall–Kier alpha value is 0.570. The Labute approximate surface area is 138 Å². The number of carbonyl (C=O) groups excluding carboxylic acids is 1. The van der Waals surface area contributed by atoms with Gasteiger partial charge in [-0.05, 0) is 78.7 Å². The lowest BCUT2D eigenvalue weighted by atomic mass is 10.1. The first-order chi connectivity index (χ1) is 7.99. The minimum Gasteiger partial charge on any atom is -0.288 e. The van der Waals surface area contributed by atoms with Crippen molar-refractivity contribution in [3.05, 3.63) is 51.6 Å². The van der Waals surface area contributed by atoms with Gasteiger partial charge < -0.3 is 0 Å². The summed E-state index contributed by atoms with van der Waals surface area (Å²) in [5.74, 6) is -0.00620. The van der Waals surface area contributed by atoms with E-state index < -0.39 is 0 Å². The third kappa shape index (κ3) is 3.12. The molecule has 1 nitrogen and oxygen atoms in total. The fourth-order valence-electron chi connectivity index (χ4n) is 1.26. The highest BCUT2D eigenvalue weighted by molar-refractivity contribution is 14.1. The summed E-state index contributed by atoms with van der Waals surface area (Å²) in [6, 6.07) is 7.13. The van der Waals surface area contributed by atoms with Crippen LogP contribution in [0.1, 0.15) is 15.2 Å². The second-order valence-electron chi connectivity index (χ2n) is 3.19. The van der Waals surface area contributed by atoms with Crippen LogP contribution in [0.4, 0.5) is 0 Å². The van der Waals surface area contributed by atoms with Crippen LogP contribution in [0, 0.1) is 3.57 Å². The van der Waals surface area contributed by atoms with Crippen LogP contribution in [-0.2, 0) is 0 Å². The quantitative estimate of drug-likeness (QED) is 0.374. The zero-order valence-corrected chi connectivity index (χ0v) is 15.0. The van der Waals surface area contributed by atoms with E-state index in [4.69, 9.17) is 11.6 Å². The van der Waals surface area contributed by atoms with Crippen LogP contribution < -0.4 is 0 Å². The van der Waals surface area contributed by atoms with E-state index in [-0.39, 0.29) is 5.78 Å². The van der Waals surface area contributed by atoms with Gasteiger partial charge in [0.05, 0.1) is 8.66 Å². The third-order valence-electron chi connectivity index (χ3n) is 2.04. The van der Waals surface area contributed by atoms with E-state index in [1.54, 1.807) is 12.1 Å². The number of hydrogen-bond acceptors (Lipinski definition) is 2. The topological polar surface area (TPSA) is 17.1 Å². The fraction of sp³-hybridized carbons (Fsp3) is 0. The minimum absolute atomic E-state index is 0.00620. The molecule has 2 aromatic rings. The van der Waals surface area contributed by atoms with Gasteiger partial charge in [-0.2, -0.15) is 0 Å². The molecular weight excluding hydrogens is 502 g/mol. The van der Waals surface area contributed by atoms with Crippen LogP contribution >= 0.6 is 77.4 Å². The van der Waals surface area contributed by atoms with Crippen LogP contribution in [0.5, 0.6) is 0 Å². The summed E-state index contributed by atoms with van der Waals surface area (Å²) in [6.07, 6.45) is 0. The Balaban J connectivity index is 2.47. The van der Waals surface area contributed by atoms with E-state index in [0.29, 0.717) is 15.5 Å². The van der Waals surface area contributed by atoms with Crippen molar-refractivity contribution in [1.29, 1.82) is 0 Å². The molecule has 1 aromatic carbocycles. The molecule has 0 saturated heterocycles. The molecule has 2 rings (SSSR count). The molecule has 0 aliphatic heterocycles. The molecular formula is C11H4Br2ClIOS. The van der Waals surface area contributed by atoms with E-state index in [9.17, 15) is 4.79 Å². The van der Waals surface area contributed by atoms with Gasteiger partial charge in [-0.15, -0.1) is 11.3 Å². The van der Waals surface area contributed by atoms with Gasteiger partial charge in [0.1, 0.15) is 0 Å². The molecule has 1 heterocycles. The van der Waals surface area contributed by atoms with E-state index in [1.807, 2.05) is 12.1 Å². The van der Waals surface area contributed by atoms with Gasteiger partial charge in [0.25, 0.3) is 0 Å². The summed E-state index contributed by atoms with van der Waals surface area (Å²) in [5.41, 5.74) is 0.638. The molecule has 0 fully saturated rings. The largest absolute Gasteiger partial charge is 0.288 e. The van der Waals surface area contributed by atoms with Crippen molar-refractivity contribution in [3.63, 3.8) is 0 Å². The first kappa shape index (κ1) is 14.0. The number of carbonyl (C=O) groups is 1. The van der Waals surface area contributed by atoms with Crippen molar-refractivity contribution >= 4 is 83.2 Å². The lowest BCUT2D eigenvalue weighted by Crippen LogP contribution is -2.01. The standard InChI is InChI=1S/C11H4Br2ClIOS/c12-7-4-9(17-11(7)13)10(16)6-3-5(14)1-2-8(6)15/h1-4H. The number of thiophene rings is 1. The average molecular weight is 506 g/mol. The van der Waals surface area contributed by atoms with Crippen LogP contribution in [0.15, 0.2) is 32.5 Å². The molecule has 0 spiro atoms. The Morgan fingerprint density at radius 2 is 2.00 bits per heavy atom. The molecule has 0 atom stereocenters. The molecule has 0 radical (unpaired) electrons. The summed E-state index contributed by atoms with van der Waals surface area (Å²) >= 11 is 16.2. The fourth-order valence-corrected chi connectivity index (χ4v) is 4.01. The molecule has 0 saturated carbocycles. The summed E-state index contributed by atoms with van der Waals surface area (Å²) in [7, 11) is 0. The van der Waals surface area contributed by atoms with Crippen LogP contribution in [0.25, 0.3) is 0 Å². The maximum atomic E-state index is 12.3. The van der Waals surface area contributed by atoms with E-state index in [2.05, 4.69) is 54.5 Å². The lowest BCUT2D eigenvalue weighted by molar-refractivity contribution is 0.104. The molecule has 0 aliphatic rings. The van der Waals surface area contributed by atoms with Gasteiger partial charge in [0.15, 0.2) is 0 Å². The zero-order chi connectivity index (χ0) is 12.6. The molecule has 0 unspecified atom stereocenters. The molecule has 17 heavy (non-hydrogen) atoms. The first-order valence-corrected chi connectivity index (χ1v) is 8.29. The number of rotatable bonds is 2. The van der Waals surface area contributed by atoms with Crippen LogP contribution in [0.3, 0.4) is 0 Å². The van der Waals surface area contributed by atoms with Gasteiger partial charge in [-0.25, -0.2) is 0 Å². The van der Waals surface area contributed by atoms with Crippen LogP contribution in [-0.4, -0.2) is 5.78 Å². The van der Waals surface area contributed by atoms with E-state index in [0.717, 1.165) is 11.8 Å². The Morgan fingerprint density at radius 1 is 1.29 bits per heavy atom. The highest BCUT2D eigenvalue weighted by Crippen LogP contribution is 2.34. The van der Waals surface area contributed by atoms with Crippen molar-refractivity contribution < 1.29 is 4.79 Å². The summed E-state index contributed by atoms with van der Waals surface area (Å²) < 4.78 is 2.71. The predicted molar refractivity (Wildman–Crippen MR) is 87.3 cm³/mol. The van der Waals surface area contributed by atoms with Crippen molar-refractivity contribution in [2.45, 2.75) is 0 Å². The predicted octanol–water partition coefficient (Wildman–Crippen LogP) is 5.76. The van der Waals surface area contributed by atoms with Gasteiger partial charge in [-0.3, -0.25) is 4.79 Å². The second kappa shape index (κ2) is 5.69. The van der Waals surface area contributed by atoms with Gasteiger partial charge in [0, 0.05) is 18.6 Å². The Morgan fingerprint density at radius 3 is 2.59 bits per heavy atom. The molecule has 1 aromatic heterocycles. The normalized spacial score (nSPS) is 10.6. The maximum Gasteiger partial charge on any atom is 0.204 e. The first-order valence-electron chi connectivity index (χ1n) is 4.43. The van der Waals surface area contributed by atoms with Crippen LogP contribution in [0.2, 0.25) is 5.02 Å². The van der Waals surface area contributed by atoms with Crippen molar-refractivity contribution in [2.24, 2.45) is 0 Å². The lowest BCUT2D eigenvalue weighted by Gasteiger charge is -2.02. The molecule has 0 bridgehead atoms. The average Bonchev–Trinajstić information content (AvgIpc) is 2.62. The monoisotopic (exact) mass is 504 g/mol. The highest BCUT2D eigenvalue weighted by atomic mass is 127. The summed E-state index contributed by atoms with van der Waals surface area (Å²) in [6.45, 7) is 0. The van der Waals surface area contributed by atoms with Gasteiger partial charge in [0.2, 0.25) is 5.78 Å². The smallest absolute Gasteiger partial charge is 0.204 e. The Kier molecular flexibility index (Phi) is 4.68. The van der Waals surface area contributed by atoms with Crippen molar-refractivity contribution in [2.75, 3.05) is 0 Å². The van der Waals surface area contributed by atoms with Crippen molar-refractivity contribution in [1.82, 2.24) is 0 Å². The second-order valence-corrected chi connectivity index (χ2v) is 8.01. The van der Waals surface area contributed by atoms with Crippen molar-refractivity contribution in [3.8, 4) is 0 Å². The summed E-state index contributed by atoms with van der Waals surface area (Å²) in [5, 5.41) is 0.573. The SMILES string of the molecule is O=C(c1cc(Br)c(Br)s1)c1cc(Cl)ccc1I. The molecule has 0 N–H and O–H groups in total. The van der Waals surface area contributed by atoms with E-state index >= 15 is 0 Å².